The van der Waals surface area contributed by atoms with Gasteiger partial charge in [-0.25, -0.2) is 14.8 Å². The van der Waals surface area contributed by atoms with Crippen molar-refractivity contribution < 1.29 is 53.7 Å². The summed E-state index contributed by atoms with van der Waals surface area (Å²) >= 11 is 0. The largest absolute Gasteiger partial charge is 0.481 e. The van der Waals surface area contributed by atoms with Crippen LogP contribution in [0.15, 0.2) is 25.0 Å². The van der Waals surface area contributed by atoms with Crippen LogP contribution in [-0.2, 0) is 51.2 Å². The molecule has 0 aliphatic heterocycles. The molecule has 13 N–H and O–H groups in total. The molecule has 0 saturated carbocycles. The molecule has 2 aromatic rings. The third kappa shape index (κ3) is 17.2. The van der Waals surface area contributed by atoms with E-state index in [1.807, 2.05) is 0 Å². The van der Waals surface area contributed by atoms with E-state index in [0.29, 0.717) is 11.4 Å². The number of amides is 6. The van der Waals surface area contributed by atoms with Gasteiger partial charge in [0.1, 0.15) is 30.2 Å². The fourth-order valence-electron chi connectivity index (χ4n) is 5.49. The van der Waals surface area contributed by atoms with E-state index in [-0.39, 0.29) is 37.5 Å². The maximum atomic E-state index is 13.8. The van der Waals surface area contributed by atoms with Gasteiger partial charge < -0.3 is 62.9 Å². The first-order chi connectivity index (χ1) is 26.8. The molecule has 0 saturated heterocycles. The van der Waals surface area contributed by atoms with Crippen molar-refractivity contribution in [3.63, 3.8) is 0 Å². The van der Waals surface area contributed by atoms with E-state index in [4.69, 9.17) is 10.8 Å². The molecule has 22 nitrogen and oxygen atoms in total. The van der Waals surface area contributed by atoms with Crippen LogP contribution in [0.5, 0.6) is 0 Å². The maximum absolute atomic E-state index is 13.8. The van der Waals surface area contributed by atoms with Gasteiger partial charge in [-0.1, -0.05) is 27.7 Å². The molecule has 0 spiro atoms. The second-order valence-electron chi connectivity index (χ2n) is 14.4. The van der Waals surface area contributed by atoms with Crippen LogP contribution in [0.1, 0.15) is 71.7 Å². The zero-order valence-corrected chi connectivity index (χ0v) is 32.5. The van der Waals surface area contributed by atoms with Crippen molar-refractivity contribution in [1.82, 2.24) is 51.8 Å². The average molecular weight is 806 g/mol. The first-order valence-corrected chi connectivity index (χ1v) is 18.4. The Balaban J connectivity index is 2.18. The Bertz CT molecular complexity index is 1650. The molecule has 2 aromatic heterocycles. The molecule has 0 aromatic carbocycles. The van der Waals surface area contributed by atoms with Gasteiger partial charge in [0.05, 0.1) is 31.3 Å². The number of H-pyrrole nitrogens is 2. The molecule has 22 heteroatoms. The van der Waals surface area contributed by atoms with Crippen molar-refractivity contribution in [2.75, 3.05) is 6.54 Å². The number of hydrogen-bond acceptors (Lipinski definition) is 12. The molecule has 0 fully saturated rings. The van der Waals surface area contributed by atoms with Crippen molar-refractivity contribution in [3.8, 4) is 0 Å². The third-order valence-corrected chi connectivity index (χ3v) is 8.39. The third-order valence-electron chi connectivity index (χ3n) is 8.39. The number of aliphatic carboxylic acids is 2. The average Bonchev–Trinajstić information content (AvgIpc) is 3.84. The van der Waals surface area contributed by atoms with E-state index in [1.54, 1.807) is 27.7 Å². The molecular weight excluding hydrogens is 750 g/mol. The van der Waals surface area contributed by atoms with Crippen LogP contribution in [-0.4, -0.2) is 132 Å². The predicted molar refractivity (Wildman–Crippen MR) is 200 cm³/mol. The minimum atomic E-state index is -1.53. The van der Waals surface area contributed by atoms with Crippen LogP contribution in [0.4, 0.5) is 0 Å². The van der Waals surface area contributed by atoms with Gasteiger partial charge in [0.15, 0.2) is 0 Å². The van der Waals surface area contributed by atoms with Crippen molar-refractivity contribution in [2.24, 2.45) is 17.6 Å². The molecule has 2 heterocycles. The van der Waals surface area contributed by atoms with Gasteiger partial charge in [0.2, 0.25) is 35.4 Å². The Morgan fingerprint density at radius 3 is 1.60 bits per heavy atom. The lowest BCUT2D eigenvalue weighted by atomic mass is 9.99. The monoisotopic (exact) mass is 805 g/mol. The fraction of sp³-hybridized carbons (Fsp3) is 0.600. The zero-order chi connectivity index (χ0) is 42.8. The number of nitrogens with one attached hydrogen (secondary N) is 8. The summed E-state index contributed by atoms with van der Waals surface area (Å²) < 4.78 is 0. The number of aliphatic hydroxyl groups is 1. The van der Waals surface area contributed by atoms with Gasteiger partial charge in [0.25, 0.3) is 0 Å². The number of nitrogens with two attached hydrogens (primary N) is 1. The van der Waals surface area contributed by atoms with Crippen LogP contribution < -0.4 is 37.6 Å². The number of aromatic amines is 2. The SMILES string of the molecule is CC(C)C[C@H](NC(=O)[C@H](CC(C)C)NC(=O)[C@H](Cc1cnc[nH]1)NC(=O)CNC(=O)[C@@H](NC(=O)[C@@H](N)Cc1cnc[nH]1)[C@@H](C)O)C(=O)N[C@@H](CCC(=O)O)C(=O)O. The molecule has 0 radical (unpaired) electrons. The summed E-state index contributed by atoms with van der Waals surface area (Å²) in [7, 11) is 0. The smallest absolute Gasteiger partial charge is 0.326 e. The van der Waals surface area contributed by atoms with Crippen molar-refractivity contribution >= 4 is 47.4 Å². The van der Waals surface area contributed by atoms with E-state index in [0.717, 1.165) is 0 Å². The van der Waals surface area contributed by atoms with Gasteiger partial charge in [-0.05, 0) is 38.0 Å². The Kier molecular flexibility index (Phi) is 19.3. The Morgan fingerprint density at radius 1 is 0.667 bits per heavy atom. The van der Waals surface area contributed by atoms with E-state index in [2.05, 4.69) is 51.8 Å². The minimum absolute atomic E-state index is 0.0686. The van der Waals surface area contributed by atoms with E-state index >= 15 is 0 Å². The van der Waals surface area contributed by atoms with E-state index in [1.165, 1.54) is 32.0 Å². The Hall–Kier alpha value is -5.90. The highest BCUT2D eigenvalue weighted by molar-refractivity contribution is 5.96. The lowest BCUT2D eigenvalue weighted by Crippen LogP contribution is -2.59. The molecule has 0 aliphatic rings. The number of aliphatic hydroxyl groups excluding tert-OH is 1. The van der Waals surface area contributed by atoms with Gasteiger partial charge in [-0.2, -0.15) is 0 Å². The first kappa shape index (κ1) is 47.3. The molecular formula is C35H55N11O11. The number of aromatic nitrogens is 4. The number of carboxylic acid groups (broad SMARTS) is 2. The van der Waals surface area contributed by atoms with Gasteiger partial charge >= 0.3 is 11.9 Å². The van der Waals surface area contributed by atoms with Crippen LogP contribution in [0.25, 0.3) is 0 Å². The number of imidazole rings is 2. The predicted octanol–water partition coefficient (Wildman–Crippen LogP) is -2.79. The number of carbonyl (C=O) groups excluding carboxylic acids is 6. The quantitative estimate of drug-likeness (QED) is 0.0483. The number of carboxylic acids is 2. The molecule has 7 atom stereocenters. The van der Waals surface area contributed by atoms with E-state index in [9.17, 15) is 48.6 Å². The topological polar surface area (TPSA) is 353 Å². The van der Waals surface area contributed by atoms with E-state index < -0.39 is 109 Å². The van der Waals surface area contributed by atoms with Crippen molar-refractivity contribution in [1.29, 1.82) is 0 Å². The highest BCUT2D eigenvalue weighted by Gasteiger charge is 2.33. The molecule has 0 aliphatic carbocycles. The van der Waals surface area contributed by atoms with Crippen LogP contribution in [0.2, 0.25) is 0 Å². The first-order valence-electron chi connectivity index (χ1n) is 18.4. The van der Waals surface area contributed by atoms with Crippen molar-refractivity contribution in [3.05, 3.63) is 36.4 Å². The summed E-state index contributed by atoms with van der Waals surface area (Å²) in [4.78, 5) is 116. The standard InChI is InChI=1S/C35H55N11O11/c1-17(2)8-24(31(52)43-23(35(56)57)6-7-28(49)50)44-32(53)25(9-18(3)4)45-33(54)26(11-21-13-38-16-41-21)42-27(48)14-39-34(55)29(19(5)47)46-30(51)22(36)10-20-12-37-15-40-20/h12-13,15-19,22-26,29,47H,6-11,14,36H2,1-5H3,(H,37,40)(H,38,41)(H,39,55)(H,42,48)(H,43,52)(H,44,53)(H,45,54)(H,46,51)(H,49,50)(H,56,57)/t19-,22+,23+,24+,25+,26+,29+/m1/s1. The van der Waals surface area contributed by atoms with Crippen LogP contribution >= 0.6 is 0 Å². The zero-order valence-electron chi connectivity index (χ0n) is 32.5. The van der Waals surface area contributed by atoms with Crippen LogP contribution in [0, 0.1) is 11.8 Å². The molecule has 0 bridgehead atoms. The number of hydrogen-bond donors (Lipinski definition) is 12. The maximum Gasteiger partial charge on any atom is 0.326 e. The second kappa shape index (κ2) is 23.2. The molecule has 0 unspecified atom stereocenters. The number of nitrogens with zero attached hydrogens (tertiary/aromatic N) is 2. The summed E-state index contributed by atoms with van der Waals surface area (Å²) in [6, 6.07) is -7.93. The van der Waals surface area contributed by atoms with Crippen molar-refractivity contribution in [2.45, 2.75) is 115 Å². The molecule has 316 valence electrons. The summed E-state index contributed by atoms with van der Waals surface area (Å²) in [5.41, 5.74) is 6.93. The summed E-state index contributed by atoms with van der Waals surface area (Å²) in [6.45, 7) is 7.68. The van der Waals surface area contributed by atoms with Gasteiger partial charge in [0, 0.05) is 43.0 Å². The minimum Gasteiger partial charge on any atom is -0.481 e. The van der Waals surface area contributed by atoms with Gasteiger partial charge in [-0.3, -0.25) is 33.6 Å². The van der Waals surface area contributed by atoms with Crippen LogP contribution in [0.3, 0.4) is 0 Å². The highest BCUT2D eigenvalue weighted by atomic mass is 16.4. The Labute approximate surface area is 328 Å². The molecule has 6 amide bonds. The Morgan fingerprint density at radius 2 is 1.16 bits per heavy atom. The lowest BCUT2D eigenvalue weighted by Gasteiger charge is -2.27. The summed E-state index contributed by atoms with van der Waals surface area (Å²) in [5, 5.41) is 43.4. The number of rotatable bonds is 25. The molecule has 2 rings (SSSR count). The molecule has 57 heavy (non-hydrogen) atoms. The summed E-state index contributed by atoms with van der Waals surface area (Å²) in [5.74, 6) is -7.97. The van der Waals surface area contributed by atoms with Gasteiger partial charge in [-0.15, -0.1) is 0 Å². The number of carbonyl (C=O) groups is 8. The highest BCUT2D eigenvalue weighted by Crippen LogP contribution is 2.11. The normalized spacial score (nSPS) is 14.9. The lowest BCUT2D eigenvalue weighted by molar-refractivity contribution is -0.143. The second-order valence-corrected chi connectivity index (χ2v) is 14.4. The fourth-order valence-corrected chi connectivity index (χ4v) is 5.49. The summed E-state index contributed by atoms with van der Waals surface area (Å²) in [6.07, 6.45) is 3.45.